The highest BCUT2D eigenvalue weighted by Crippen LogP contribution is 2.42. The molecule has 1 saturated heterocycles. The van der Waals surface area contributed by atoms with Crippen LogP contribution in [0, 0.1) is 5.82 Å². The van der Waals surface area contributed by atoms with Gasteiger partial charge in [-0.3, -0.25) is 4.79 Å². The zero-order valence-corrected chi connectivity index (χ0v) is 21.7. The predicted molar refractivity (Wildman–Crippen MR) is 136 cm³/mol. The molecule has 36 heavy (non-hydrogen) atoms. The zero-order chi connectivity index (χ0) is 26.5. The Bertz CT molecular complexity index is 1160. The number of carbonyl (C=O) groups is 3. The number of urea groups is 1. The fourth-order valence-electron chi connectivity index (χ4n) is 3.58. The largest absolute Gasteiger partial charge is 0.458 e. The van der Waals surface area contributed by atoms with Crippen molar-refractivity contribution in [2.45, 2.75) is 43.5 Å². The summed E-state index contributed by atoms with van der Waals surface area (Å²) in [7, 11) is 0. The number of hydrogen-bond acceptors (Lipinski definition) is 6. The van der Waals surface area contributed by atoms with Crippen molar-refractivity contribution >= 4 is 46.4 Å². The molecule has 0 radical (unpaired) electrons. The minimum atomic E-state index is -2.03. The van der Waals surface area contributed by atoms with Gasteiger partial charge < -0.3 is 24.8 Å². The lowest BCUT2D eigenvalue weighted by molar-refractivity contribution is -0.163. The van der Waals surface area contributed by atoms with Crippen LogP contribution in [0.3, 0.4) is 0 Å². The van der Waals surface area contributed by atoms with Gasteiger partial charge in [-0.05, 0) is 44.5 Å². The molecule has 3 atom stereocenters. The number of nitrogens with one attached hydrogen (secondary N) is 2. The first-order valence-corrected chi connectivity index (χ1v) is 13.4. The van der Waals surface area contributed by atoms with Crippen molar-refractivity contribution in [3.05, 3.63) is 65.5 Å². The molecule has 194 valence electrons. The second-order valence-electron chi connectivity index (χ2n) is 9.03. The number of anilines is 1. The van der Waals surface area contributed by atoms with Crippen molar-refractivity contribution in [3.63, 3.8) is 0 Å². The highest BCUT2D eigenvalue weighted by molar-refractivity contribution is 7.99. The second-order valence-corrected chi connectivity index (χ2v) is 11.1. The first kappa shape index (κ1) is 27.6. The van der Waals surface area contributed by atoms with E-state index in [0.29, 0.717) is 11.3 Å². The van der Waals surface area contributed by atoms with Gasteiger partial charge in [0.2, 0.25) is 5.91 Å². The molecule has 12 heteroatoms. The molecule has 0 spiro atoms. The Balaban J connectivity index is 1.72. The van der Waals surface area contributed by atoms with E-state index < -0.39 is 58.4 Å². The standard InChI is InChI=1S/C24H28FN3O6S2/c1-24(2,3)34-22(30)19-13-35-21(17-9-4-5-10-18(17)25)28(19)20(29)12-26-23(31)27-16-8-6-7-15(11-16)14-36(32)33/h4-11,19,21H,12-14H2,1-3H3,(H,32,33)(H2,26,27,31)/t19-,21+/m0/s1. The van der Waals surface area contributed by atoms with Gasteiger partial charge in [-0.15, -0.1) is 11.8 Å². The molecule has 3 rings (SSSR count). The molecule has 2 aromatic rings. The number of thioether (sulfide) groups is 1. The first-order chi connectivity index (χ1) is 16.9. The van der Waals surface area contributed by atoms with Crippen LogP contribution in [-0.2, 0) is 31.2 Å². The third-order valence-electron chi connectivity index (χ3n) is 5.01. The third-order valence-corrected chi connectivity index (χ3v) is 6.90. The van der Waals surface area contributed by atoms with Crippen LogP contribution in [0.4, 0.5) is 14.9 Å². The van der Waals surface area contributed by atoms with Crippen molar-refractivity contribution in [3.8, 4) is 0 Å². The number of nitrogens with zero attached hydrogens (tertiary/aromatic N) is 1. The van der Waals surface area contributed by atoms with Crippen molar-refractivity contribution in [2.24, 2.45) is 0 Å². The van der Waals surface area contributed by atoms with Crippen LogP contribution in [0.5, 0.6) is 0 Å². The first-order valence-electron chi connectivity index (χ1n) is 11.1. The minimum Gasteiger partial charge on any atom is -0.458 e. The maximum absolute atomic E-state index is 14.6. The van der Waals surface area contributed by atoms with E-state index in [1.165, 1.54) is 28.8 Å². The van der Waals surface area contributed by atoms with Crippen molar-refractivity contribution in [1.29, 1.82) is 0 Å². The summed E-state index contributed by atoms with van der Waals surface area (Å²) in [5.41, 5.74) is 0.397. The van der Waals surface area contributed by atoms with Crippen LogP contribution in [0.1, 0.15) is 37.3 Å². The number of halogens is 1. The smallest absolute Gasteiger partial charge is 0.330 e. The van der Waals surface area contributed by atoms with Gasteiger partial charge in [-0.2, -0.15) is 0 Å². The van der Waals surface area contributed by atoms with E-state index in [9.17, 15) is 23.0 Å². The molecule has 2 aromatic carbocycles. The maximum atomic E-state index is 14.6. The van der Waals surface area contributed by atoms with Gasteiger partial charge in [-0.25, -0.2) is 18.2 Å². The van der Waals surface area contributed by atoms with Crippen LogP contribution >= 0.6 is 11.8 Å². The molecule has 0 saturated carbocycles. The summed E-state index contributed by atoms with van der Waals surface area (Å²) in [6.45, 7) is 4.70. The topological polar surface area (TPSA) is 125 Å². The lowest BCUT2D eigenvalue weighted by atomic mass is 10.1. The number of ether oxygens (including phenoxy) is 1. The van der Waals surface area contributed by atoms with E-state index in [0.717, 1.165) is 0 Å². The van der Waals surface area contributed by atoms with Crippen molar-refractivity contribution in [1.82, 2.24) is 10.2 Å². The molecular formula is C24H28FN3O6S2. The minimum absolute atomic E-state index is 0.0915. The van der Waals surface area contributed by atoms with Gasteiger partial charge in [0.15, 0.2) is 11.1 Å². The summed E-state index contributed by atoms with van der Waals surface area (Å²) in [6, 6.07) is 10.8. The number of benzene rings is 2. The molecule has 3 amide bonds. The summed E-state index contributed by atoms with van der Waals surface area (Å²) in [5, 5.41) is 4.25. The van der Waals surface area contributed by atoms with Crippen LogP contribution in [-0.4, -0.2) is 55.5 Å². The fraction of sp³-hybridized carbons (Fsp3) is 0.375. The molecule has 0 aliphatic carbocycles. The zero-order valence-electron chi connectivity index (χ0n) is 20.0. The second kappa shape index (κ2) is 11.8. The summed E-state index contributed by atoms with van der Waals surface area (Å²) in [4.78, 5) is 39.8. The Labute approximate surface area is 215 Å². The molecule has 0 aromatic heterocycles. The Morgan fingerprint density at radius 3 is 2.58 bits per heavy atom. The van der Waals surface area contributed by atoms with E-state index in [1.807, 2.05) is 0 Å². The molecule has 1 heterocycles. The van der Waals surface area contributed by atoms with Gasteiger partial charge in [0, 0.05) is 17.0 Å². The molecule has 1 aliphatic rings. The van der Waals surface area contributed by atoms with Crippen LogP contribution < -0.4 is 10.6 Å². The highest BCUT2D eigenvalue weighted by atomic mass is 32.2. The number of esters is 1. The molecular weight excluding hydrogens is 509 g/mol. The Kier molecular flexibility index (Phi) is 9.09. The van der Waals surface area contributed by atoms with Gasteiger partial charge in [0.25, 0.3) is 0 Å². The van der Waals surface area contributed by atoms with Crippen LogP contribution in [0.15, 0.2) is 48.5 Å². The Morgan fingerprint density at radius 1 is 1.19 bits per heavy atom. The lowest BCUT2D eigenvalue weighted by Crippen LogP contribution is -2.49. The average Bonchev–Trinajstić information content (AvgIpc) is 3.22. The predicted octanol–water partition coefficient (Wildman–Crippen LogP) is 3.65. The number of hydrogen-bond donors (Lipinski definition) is 3. The number of amides is 3. The van der Waals surface area contributed by atoms with Crippen LogP contribution in [0.2, 0.25) is 0 Å². The molecule has 1 aliphatic heterocycles. The molecule has 3 N–H and O–H groups in total. The lowest BCUT2D eigenvalue weighted by Gasteiger charge is -2.30. The van der Waals surface area contributed by atoms with Gasteiger partial charge in [0.05, 0.1) is 12.3 Å². The monoisotopic (exact) mass is 537 g/mol. The maximum Gasteiger partial charge on any atom is 0.330 e. The van der Waals surface area contributed by atoms with Crippen molar-refractivity contribution in [2.75, 3.05) is 17.6 Å². The molecule has 0 bridgehead atoms. The summed E-state index contributed by atoms with van der Waals surface area (Å²) in [6.07, 6.45) is 0. The third kappa shape index (κ3) is 7.52. The average molecular weight is 538 g/mol. The van der Waals surface area contributed by atoms with Gasteiger partial charge in [0.1, 0.15) is 22.8 Å². The number of rotatable bonds is 7. The van der Waals surface area contributed by atoms with Crippen LogP contribution in [0.25, 0.3) is 0 Å². The molecule has 1 unspecified atom stereocenters. The fourth-order valence-corrected chi connectivity index (χ4v) is 5.50. The number of carbonyl (C=O) groups excluding carboxylic acids is 3. The van der Waals surface area contributed by atoms with E-state index in [-0.39, 0.29) is 17.1 Å². The van der Waals surface area contributed by atoms with E-state index in [2.05, 4.69) is 10.6 Å². The highest BCUT2D eigenvalue weighted by Gasteiger charge is 2.44. The van der Waals surface area contributed by atoms with Gasteiger partial charge in [-0.1, -0.05) is 30.3 Å². The van der Waals surface area contributed by atoms with E-state index in [1.54, 1.807) is 57.2 Å². The van der Waals surface area contributed by atoms with E-state index in [4.69, 9.17) is 9.29 Å². The summed E-state index contributed by atoms with van der Waals surface area (Å²) < 4.78 is 40.1. The Morgan fingerprint density at radius 2 is 1.92 bits per heavy atom. The molecule has 9 nitrogen and oxygen atoms in total. The summed E-state index contributed by atoms with van der Waals surface area (Å²) >= 11 is -0.786. The van der Waals surface area contributed by atoms with Gasteiger partial charge >= 0.3 is 12.0 Å². The normalized spacial score (nSPS) is 18.4. The van der Waals surface area contributed by atoms with E-state index >= 15 is 0 Å². The van der Waals surface area contributed by atoms with Crippen molar-refractivity contribution < 1.29 is 32.3 Å². The summed E-state index contributed by atoms with van der Waals surface area (Å²) in [5.74, 6) is -1.57. The molecule has 1 fully saturated rings. The Hall–Kier alpha value is -2.96. The SMILES string of the molecule is CC(C)(C)OC(=O)[C@@H]1CS[C@H](c2ccccc2F)N1C(=O)CNC(=O)Nc1cccc(CS(=O)O)c1. The quantitative estimate of drug-likeness (QED) is 0.364.